The van der Waals surface area contributed by atoms with Crippen LogP contribution in [-0.2, 0) is 11.2 Å². The summed E-state index contributed by atoms with van der Waals surface area (Å²) in [6.45, 7) is 5.38. The van der Waals surface area contributed by atoms with E-state index in [1.807, 2.05) is 0 Å². The fourth-order valence-corrected chi connectivity index (χ4v) is 6.00. The molecule has 6 nitrogen and oxygen atoms in total. The summed E-state index contributed by atoms with van der Waals surface area (Å²) in [4.78, 5) is 11.7. The number of hydrogen-bond donors (Lipinski definition) is 2. The van der Waals surface area contributed by atoms with Crippen molar-refractivity contribution in [2.75, 3.05) is 36.5 Å². The molecule has 2 saturated heterocycles. The van der Waals surface area contributed by atoms with Gasteiger partial charge >= 0.3 is 0 Å². The molecule has 7 heteroatoms. The van der Waals surface area contributed by atoms with E-state index in [2.05, 4.69) is 16.8 Å². The third-order valence-electron chi connectivity index (χ3n) is 5.03. The van der Waals surface area contributed by atoms with Crippen LogP contribution >= 0.6 is 0 Å². The van der Waals surface area contributed by atoms with Crippen LogP contribution in [0.5, 0.6) is 0 Å². The van der Waals surface area contributed by atoms with E-state index in [9.17, 15) is 5.11 Å². The summed E-state index contributed by atoms with van der Waals surface area (Å²) >= 11 is 0. The maximum Gasteiger partial charge on any atom is 0.227 e. The minimum atomic E-state index is -0.900. The van der Waals surface area contributed by atoms with Crippen molar-refractivity contribution in [3.05, 3.63) is 5.69 Å². The van der Waals surface area contributed by atoms with Gasteiger partial charge < -0.3 is 20.1 Å². The Morgan fingerprint density at radius 2 is 2.05 bits per heavy atom. The number of anilines is 2. The van der Waals surface area contributed by atoms with Crippen LogP contribution in [0.25, 0.3) is 0 Å². The number of aliphatic hydroxyl groups is 1. The second-order valence-electron chi connectivity index (χ2n) is 6.76. The largest absolute Gasteiger partial charge is 0.389 e. The second kappa shape index (κ2) is 5.79. The molecule has 0 bridgehead atoms. The first-order chi connectivity index (χ1) is 10.7. The number of aryl methyl sites for hydroxylation is 1. The Kier molecular flexibility index (Phi) is 3.79. The zero-order valence-corrected chi connectivity index (χ0v) is 14.2. The van der Waals surface area contributed by atoms with E-state index < -0.39 is 8.80 Å². The zero-order chi connectivity index (χ0) is 15.1. The van der Waals surface area contributed by atoms with Gasteiger partial charge in [0.15, 0.2) is 0 Å². The highest BCUT2D eigenvalue weighted by molar-refractivity contribution is 6.75. The Balaban J connectivity index is 1.62. The average molecular weight is 320 g/mol. The number of ether oxygens (including phenoxy) is 1. The molecule has 0 aromatic carbocycles. The van der Waals surface area contributed by atoms with Gasteiger partial charge in [0, 0.05) is 38.0 Å². The Labute approximate surface area is 132 Å². The van der Waals surface area contributed by atoms with Gasteiger partial charge in [-0.25, -0.2) is 4.98 Å². The van der Waals surface area contributed by atoms with Crippen molar-refractivity contribution in [1.29, 1.82) is 0 Å². The molecule has 1 aromatic rings. The predicted molar refractivity (Wildman–Crippen MR) is 88.9 cm³/mol. The summed E-state index contributed by atoms with van der Waals surface area (Å²) in [5.41, 5.74) is 1.25. The Hall–Kier alpha value is -1.18. The highest BCUT2D eigenvalue weighted by Crippen LogP contribution is 2.24. The van der Waals surface area contributed by atoms with Crippen LogP contribution in [-0.4, -0.2) is 62.3 Å². The number of fused-ring (bicyclic) bond motifs is 1. The maximum atomic E-state index is 9.53. The Morgan fingerprint density at radius 1 is 1.27 bits per heavy atom. The molecule has 120 valence electrons. The number of rotatable bonds is 3. The molecule has 3 aliphatic rings. The van der Waals surface area contributed by atoms with Gasteiger partial charge in [0.25, 0.3) is 0 Å². The number of aliphatic hydroxyl groups excluding tert-OH is 1. The quantitative estimate of drug-likeness (QED) is 0.756. The Morgan fingerprint density at radius 3 is 2.77 bits per heavy atom. The van der Waals surface area contributed by atoms with E-state index in [0.717, 1.165) is 44.2 Å². The highest BCUT2D eigenvalue weighted by Gasteiger charge is 2.32. The van der Waals surface area contributed by atoms with E-state index in [1.165, 1.54) is 16.9 Å². The molecule has 1 aromatic heterocycles. The normalized spacial score (nSPS) is 25.9. The van der Waals surface area contributed by atoms with Crippen molar-refractivity contribution < 1.29 is 9.84 Å². The molecule has 2 fully saturated rings. The van der Waals surface area contributed by atoms with Crippen molar-refractivity contribution in [2.24, 2.45) is 0 Å². The molecular formula is C15H24N4O2Si. The molecule has 4 rings (SSSR count). The van der Waals surface area contributed by atoms with E-state index in [4.69, 9.17) is 14.7 Å². The molecule has 0 saturated carbocycles. The van der Waals surface area contributed by atoms with Gasteiger partial charge in [-0.1, -0.05) is 12.6 Å². The zero-order valence-electron chi connectivity index (χ0n) is 13.1. The molecule has 22 heavy (non-hydrogen) atoms. The van der Waals surface area contributed by atoms with Crippen LogP contribution in [0, 0.1) is 0 Å². The first-order valence-corrected chi connectivity index (χ1v) is 10.9. The lowest BCUT2D eigenvalue weighted by Crippen LogP contribution is -2.52. The lowest BCUT2D eigenvalue weighted by atomic mass is 10.1. The smallest absolute Gasteiger partial charge is 0.227 e. The molecule has 0 amide bonds. The fraction of sp³-hybridized carbons (Fsp3) is 0.733. The topological polar surface area (TPSA) is 70.5 Å². The van der Waals surface area contributed by atoms with Crippen LogP contribution in [0.2, 0.25) is 12.6 Å². The van der Waals surface area contributed by atoms with Gasteiger partial charge in [0.05, 0.1) is 14.9 Å². The molecule has 3 aliphatic heterocycles. The average Bonchev–Trinajstić information content (AvgIpc) is 2.87. The fourth-order valence-electron chi connectivity index (χ4n) is 3.61. The third kappa shape index (κ3) is 2.61. The van der Waals surface area contributed by atoms with Crippen LogP contribution in [0.1, 0.15) is 18.5 Å². The molecular weight excluding hydrogens is 296 g/mol. The van der Waals surface area contributed by atoms with Crippen molar-refractivity contribution in [1.82, 2.24) is 9.97 Å². The van der Waals surface area contributed by atoms with Gasteiger partial charge in [-0.3, -0.25) is 0 Å². The molecule has 0 spiro atoms. The van der Waals surface area contributed by atoms with Gasteiger partial charge in [0.2, 0.25) is 5.95 Å². The number of nitrogens with zero attached hydrogens (tertiary/aromatic N) is 3. The van der Waals surface area contributed by atoms with E-state index in [0.29, 0.717) is 19.1 Å². The van der Waals surface area contributed by atoms with Gasteiger partial charge in [-0.2, -0.15) is 4.98 Å². The van der Waals surface area contributed by atoms with Crippen molar-refractivity contribution in [3.63, 3.8) is 0 Å². The molecule has 1 atom stereocenters. The molecule has 0 aliphatic carbocycles. The van der Waals surface area contributed by atoms with Crippen molar-refractivity contribution in [2.45, 2.75) is 44.0 Å². The lowest BCUT2D eigenvalue weighted by molar-refractivity contribution is 0.0904. The van der Waals surface area contributed by atoms with E-state index in [-0.39, 0.29) is 6.10 Å². The van der Waals surface area contributed by atoms with Gasteiger partial charge in [0.1, 0.15) is 5.82 Å². The second-order valence-corrected chi connectivity index (χ2v) is 9.72. The van der Waals surface area contributed by atoms with Crippen LogP contribution in [0.15, 0.2) is 0 Å². The highest BCUT2D eigenvalue weighted by atomic mass is 28.3. The summed E-state index contributed by atoms with van der Waals surface area (Å²) in [5.74, 6) is 1.87. The standard InChI is InChI=1S/C15H24N4O2Si/c1-22-7-4-12-13(22)14(16-10-2-5-21-6-3-10)18-15(17-12)19-8-11(20)9-19/h10-11,20,22H,2-9H2,1H3,(H,16,17,18)/t22-/m1/s1. The van der Waals surface area contributed by atoms with Crippen LogP contribution in [0.4, 0.5) is 11.8 Å². The summed E-state index contributed by atoms with van der Waals surface area (Å²) in [5, 5.41) is 14.6. The summed E-state index contributed by atoms with van der Waals surface area (Å²) in [6.07, 6.45) is 2.97. The molecule has 2 N–H and O–H groups in total. The first-order valence-electron chi connectivity index (χ1n) is 8.39. The van der Waals surface area contributed by atoms with Crippen molar-refractivity contribution >= 4 is 25.7 Å². The maximum absolute atomic E-state index is 9.53. The predicted octanol–water partition coefficient (Wildman–Crippen LogP) is -0.132. The summed E-state index contributed by atoms with van der Waals surface area (Å²) in [7, 11) is -0.900. The number of hydrogen-bond acceptors (Lipinski definition) is 6. The van der Waals surface area contributed by atoms with Gasteiger partial charge in [-0.05, 0) is 24.4 Å². The third-order valence-corrected chi connectivity index (χ3v) is 7.77. The molecule has 0 radical (unpaired) electrons. The lowest BCUT2D eigenvalue weighted by Gasteiger charge is -2.36. The van der Waals surface area contributed by atoms with E-state index >= 15 is 0 Å². The number of aromatic nitrogens is 2. The molecule has 4 heterocycles. The minimum Gasteiger partial charge on any atom is -0.389 e. The van der Waals surface area contributed by atoms with Crippen molar-refractivity contribution in [3.8, 4) is 0 Å². The minimum absolute atomic E-state index is 0.225. The summed E-state index contributed by atoms with van der Waals surface area (Å²) in [6, 6.07) is 1.75. The van der Waals surface area contributed by atoms with Gasteiger partial charge in [-0.15, -0.1) is 0 Å². The first kappa shape index (κ1) is 14.4. The summed E-state index contributed by atoms with van der Waals surface area (Å²) < 4.78 is 5.45. The Bertz CT molecular complexity index is 559. The number of β-amino-alcohol motifs (C(OH)–C–C–N with tert-alkyl or cyclic N) is 1. The number of nitrogens with one attached hydrogen (secondary N) is 1. The van der Waals surface area contributed by atoms with Crippen LogP contribution < -0.4 is 15.4 Å². The van der Waals surface area contributed by atoms with Crippen LogP contribution in [0.3, 0.4) is 0 Å². The molecule has 0 unspecified atom stereocenters. The van der Waals surface area contributed by atoms with E-state index in [1.54, 1.807) is 0 Å². The monoisotopic (exact) mass is 320 g/mol. The SMILES string of the molecule is C[Si@@H]1CCc2nc(N3CC(O)C3)nc(NC3CCOCC3)c21.